The summed E-state index contributed by atoms with van der Waals surface area (Å²) >= 11 is 3.58. The molecule has 0 aromatic heterocycles. The van der Waals surface area contributed by atoms with Gasteiger partial charge < -0.3 is 4.74 Å². The zero-order chi connectivity index (χ0) is 28.8. The maximum absolute atomic E-state index is 13.0. The fourth-order valence-electron chi connectivity index (χ4n) is 12.1. The van der Waals surface area contributed by atoms with Gasteiger partial charge in [0.1, 0.15) is 17.2 Å². The minimum atomic E-state index is -0.238. The first kappa shape index (κ1) is 29.8. The van der Waals surface area contributed by atoms with Crippen molar-refractivity contribution >= 4 is 28.2 Å². The third-order valence-corrected chi connectivity index (χ3v) is 15.9. The van der Waals surface area contributed by atoms with Crippen molar-refractivity contribution in [2.45, 2.75) is 131 Å². The van der Waals surface area contributed by atoms with E-state index in [1.807, 2.05) is 0 Å². The lowest BCUT2D eigenvalue weighted by atomic mass is 9.32. The van der Waals surface area contributed by atoms with E-state index in [9.17, 15) is 9.59 Å². The van der Waals surface area contributed by atoms with Gasteiger partial charge in [-0.25, -0.2) is 0 Å². The Hall–Kier alpha value is -0.640. The molecule has 0 amide bonds. The lowest BCUT2D eigenvalue weighted by Crippen LogP contribution is -2.66. The summed E-state index contributed by atoms with van der Waals surface area (Å²) in [4.78, 5) is 24.6. The second-order valence-corrected chi connectivity index (χ2v) is 17.6. The SMILES string of the molecule is C=C(C=O)[C@@H]1CC[C@]2(C)CC[C@]3(C)[C@H](CC[C@@H]4[C@@]5(C)CC[C@H](OC(=O)C(Br)C(C)C)C(C)(C)[C@@H]5CC[C@]43C)[C@@H]12. The molecule has 0 spiro atoms. The van der Waals surface area contributed by atoms with Crippen LogP contribution >= 0.6 is 15.9 Å². The van der Waals surface area contributed by atoms with Crippen molar-refractivity contribution in [2.75, 3.05) is 0 Å². The monoisotopic (exact) mass is 602 g/mol. The van der Waals surface area contributed by atoms with Gasteiger partial charge in [-0.15, -0.1) is 0 Å². The van der Waals surface area contributed by atoms with Gasteiger partial charge in [0.15, 0.2) is 0 Å². The minimum Gasteiger partial charge on any atom is -0.461 e. The van der Waals surface area contributed by atoms with E-state index in [2.05, 4.69) is 77.9 Å². The highest BCUT2D eigenvalue weighted by Crippen LogP contribution is 2.77. The zero-order valence-electron chi connectivity index (χ0n) is 26.1. The van der Waals surface area contributed by atoms with Crippen LogP contribution < -0.4 is 0 Å². The fraction of sp³-hybridized carbons (Fsp3) is 0.886. The molecule has 0 heterocycles. The molecule has 5 rings (SSSR count). The van der Waals surface area contributed by atoms with Gasteiger partial charge in [0.25, 0.3) is 0 Å². The summed E-state index contributed by atoms with van der Waals surface area (Å²) in [6.45, 7) is 23.7. The Balaban J connectivity index is 1.44. The van der Waals surface area contributed by atoms with E-state index in [4.69, 9.17) is 4.74 Å². The highest BCUT2D eigenvalue weighted by atomic mass is 79.9. The Bertz CT molecular complexity index is 1020. The van der Waals surface area contributed by atoms with Crippen molar-refractivity contribution in [1.82, 2.24) is 0 Å². The van der Waals surface area contributed by atoms with E-state index >= 15 is 0 Å². The highest BCUT2D eigenvalue weighted by molar-refractivity contribution is 9.10. The quantitative estimate of drug-likeness (QED) is 0.136. The molecule has 3 nitrogen and oxygen atoms in total. The molecule has 0 aromatic carbocycles. The van der Waals surface area contributed by atoms with E-state index in [1.165, 1.54) is 44.9 Å². The van der Waals surface area contributed by atoms with Crippen LogP contribution in [0.15, 0.2) is 12.2 Å². The topological polar surface area (TPSA) is 43.4 Å². The van der Waals surface area contributed by atoms with Crippen LogP contribution in [-0.2, 0) is 14.3 Å². The third kappa shape index (κ3) is 4.13. The lowest BCUT2D eigenvalue weighted by molar-refractivity contribution is -0.249. The molecule has 5 aliphatic carbocycles. The first-order valence-corrected chi connectivity index (χ1v) is 17.0. The molecule has 4 heteroatoms. The number of fused-ring (bicyclic) bond motifs is 7. The Labute approximate surface area is 247 Å². The number of esters is 1. The van der Waals surface area contributed by atoms with Crippen LogP contribution in [0.1, 0.15) is 120 Å². The van der Waals surface area contributed by atoms with Gasteiger partial charge in [0.2, 0.25) is 0 Å². The Morgan fingerprint density at radius 2 is 1.56 bits per heavy atom. The van der Waals surface area contributed by atoms with Crippen molar-refractivity contribution < 1.29 is 14.3 Å². The second kappa shape index (κ2) is 9.70. The maximum atomic E-state index is 13.0. The smallest absolute Gasteiger partial charge is 0.320 e. The molecular weight excluding hydrogens is 548 g/mol. The molecule has 220 valence electrons. The molecule has 0 radical (unpaired) electrons. The van der Waals surface area contributed by atoms with E-state index < -0.39 is 0 Å². The average molecular weight is 604 g/mol. The van der Waals surface area contributed by atoms with Crippen LogP contribution in [-0.4, -0.2) is 23.2 Å². The molecule has 11 atom stereocenters. The molecule has 5 saturated carbocycles. The van der Waals surface area contributed by atoms with E-state index in [-0.39, 0.29) is 33.6 Å². The van der Waals surface area contributed by atoms with Crippen LogP contribution in [0.4, 0.5) is 0 Å². The number of rotatable bonds is 5. The molecule has 5 aliphatic rings. The number of carbonyl (C=O) groups excluding carboxylic acids is 2. The first-order chi connectivity index (χ1) is 18.1. The Kier molecular flexibility index (Phi) is 7.42. The van der Waals surface area contributed by atoms with E-state index in [0.717, 1.165) is 31.1 Å². The number of aldehydes is 1. The summed E-state index contributed by atoms with van der Waals surface area (Å²) in [6.07, 6.45) is 13.3. The average Bonchev–Trinajstić information content (AvgIpc) is 3.22. The van der Waals surface area contributed by atoms with Gasteiger partial charge in [-0.2, -0.15) is 0 Å². The van der Waals surface area contributed by atoms with Gasteiger partial charge in [0, 0.05) is 5.41 Å². The standard InChI is InChI=1S/C35H55BrO3/c1-21(2)29(36)30(38)39-27-14-16-33(7)25(31(27,4)5)13-17-35(9)26(33)11-10-24-28-23(22(3)20-37)12-15-32(28,6)18-19-34(24,35)8/h20-21,23-29H,3,10-19H2,1-2,4-9H3/t23-,24+,25-,26+,27-,28+,29?,32+,33-,34+,35+/m0/s1. The van der Waals surface area contributed by atoms with Gasteiger partial charge in [-0.05, 0) is 127 Å². The summed E-state index contributed by atoms with van der Waals surface area (Å²) in [5.41, 5.74) is 2.05. The predicted octanol–water partition coefficient (Wildman–Crippen LogP) is 9.17. The van der Waals surface area contributed by atoms with Crippen LogP contribution in [0.2, 0.25) is 0 Å². The summed E-state index contributed by atoms with van der Waals surface area (Å²) in [5.74, 6) is 3.04. The second-order valence-electron chi connectivity index (χ2n) is 16.6. The molecule has 0 N–H and O–H groups in total. The normalized spacial score (nSPS) is 49.2. The van der Waals surface area contributed by atoms with Crippen molar-refractivity contribution in [3.63, 3.8) is 0 Å². The zero-order valence-corrected chi connectivity index (χ0v) is 27.7. The Morgan fingerprint density at radius 1 is 0.872 bits per heavy atom. The van der Waals surface area contributed by atoms with Gasteiger partial charge >= 0.3 is 5.97 Å². The number of hydrogen-bond donors (Lipinski definition) is 0. The number of alkyl halides is 1. The summed E-state index contributed by atoms with van der Waals surface area (Å²) in [6, 6.07) is 0. The molecule has 1 unspecified atom stereocenters. The molecule has 0 aliphatic heterocycles. The largest absolute Gasteiger partial charge is 0.461 e. The Morgan fingerprint density at radius 3 is 2.21 bits per heavy atom. The molecule has 5 fully saturated rings. The number of halogens is 1. The van der Waals surface area contributed by atoms with Gasteiger partial charge in [0.05, 0.1) is 0 Å². The molecule has 0 saturated heterocycles. The molecular formula is C35H55BrO3. The number of hydrogen-bond acceptors (Lipinski definition) is 3. The van der Waals surface area contributed by atoms with Crippen LogP contribution in [0.25, 0.3) is 0 Å². The van der Waals surface area contributed by atoms with Crippen LogP contribution in [0.3, 0.4) is 0 Å². The lowest BCUT2D eigenvalue weighted by Gasteiger charge is -2.73. The summed E-state index contributed by atoms with van der Waals surface area (Å²) in [5, 5.41) is 0. The highest BCUT2D eigenvalue weighted by Gasteiger charge is 2.70. The predicted molar refractivity (Wildman–Crippen MR) is 162 cm³/mol. The maximum Gasteiger partial charge on any atom is 0.320 e. The van der Waals surface area contributed by atoms with Crippen molar-refractivity contribution in [1.29, 1.82) is 0 Å². The summed E-state index contributed by atoms with van der Waals surface area (Å²) in [7, 11) is 0. The fourth-order valence-corrected chi connectivity index (χ4v) is 12.2. The van der Waals surface area contributed by atoms with Gasteiger partial charge in [-0.1, -0.05) is 77.9 Å². The molecule has 0 bridgehead atoms. The first-order valence-electron chi connectivity index (χ1n) is 16.1. The number of carbonyl (C=O) groups is 2. The van der Waals surface area contributed by atoms with Crippen molar-refractivity contribution in [3.8, 4) is 0 Å². The number of allylic oxidation sites excluding steroid dienone is 1. The van der Waals surface area contributed by atoms with Gasteiger partial charge in [-0.3, -0.25) is 9.59 Å². The van der Waals surface area contributed by atoms with E-state index in [1.54, 1.807) is 0 Å². The van der Waals surface area contributed by atoms with Crippen LogP contribution in [0.5, 0.6) is 0 Å². The molecule has 39 heavy (non-hydrogen) atoms. The minimum absolute atomic E-state index is 0.0119. The molecule has 0 aromatic rings. The van der Waals surface area contributed by atoms with Crippen LogP contribution in [0, 0.1) is 62.6 Å². The van der Waals surface area contributed by atoms with Crippen molar-refractivity contribution in [2.24, 2.45) is 62.6 Å². The number of ether oxygens (including phenoxy) is 1. The third-order valence-electron chi connectivity index (χ3n) is 14.5. The van der Waals surface area contributed by atoms with Crippen molar-refractivity contribution in [3.05, 3.63) is 12.2 Å². The van der Waals surface area contributed by atoms with E-state index in [0.29, 0.717) is 45.8 Å². The summed E-state index contributed by atoms with van der Waals surface area (Å²) < 4.78 is 6.27.